The fraction of sp³-hybridized carbons (Fsp3) is 0.368. The first-order valence-corrected chi connectivity index (χ1v) is 9.38. The molecular formula is C19H20F2N6O3. The number of anilines is 2. The van der Waals surface area contributed by atoms with Crippen molar-refractivity contribution in [2.45, 2.75) is 6.43 Å². The Labute approximate surface area is 169 Å². The van der Waals surface area contributed by atoms with Gasteiger partial charge in [0, 0.05) is 45.0 Å². The zero-order valence-corrected chi connectivity index (χ0v) is 16.2. The lowest BCUT2D eigenvalue weighted by Gasteiger charge is -2.37. The van der Waals surface area contributed by atoms with Gasteiger partial charge in [-0.1, -0.05) is 0 Å². The Balaban J connectivity index is 1.52. The maximum atomic E-state index is 12.5. The van der Waals surface area contributed by atoms with Crippen LogP contribution in [-0.4, -0.2) is 58.7 Å². The summed E-state index contributed by atoms with van der Waals surface area (Å²) in [4.78, 5) is 38.6. The number of hydrogen-bond donors (Lipinski definition) is 1. The summed E-state index contributed by atoms with van der Waals surface area (Å²) < 4.78 is 31.2. The van der Waals surface area contributed by atoms with Crippen molar-refractivity contribution in [3.05, 3.63) is 51.4 Å². The van der Waals surface area contributed by atoms with Gasteiger partial charge in [-0.15, -0.1) is 0 Å². The zero-order chi connectivity index (χ0) is 21.3. The lowest BCUT2D eigenvalue weighted by Crippen LogP contribution is -2.48. The van der Waals surface area contributed by atoms with Crippen molar-refractivity contribution in [2.75, 3.05) is 42.6 Å². The van der Waals surface area contributed by atoms with Crippen LogP contribution in [0.3, 0.4) is 0 Å². The Kier molecular flexibility index (Phi) is 5.34. The van der Waals surface area contributed by atoms with E-state index in [2.05, 4.69) is 19.9 Å². The summed E-state index contributed by atoms with van der Waals surface area (Å²) in [6, 6.07) is 6.94. The van der Waals surface area contributed by atoms with E-state index >= 15 is 0 Å². The van der Waals surface area contributed by atoms with Crippen LogP contribution in [0.5, 0.6) is 5.88 Å². The molecule has 30 heavy (non-hydrogen) atoms. The van der Waals surface area contributed by atoms with Gasteiger partial charge in [-0.3, -0.25) is 14.3 Å². The molecule has 158 valence electrons. The molecule has 4 rings (SSSR count). The summed E-state index contributed by atoms with van der Waals surface area (Å²) in [5.41, 5.74) is 0.679. The average Bonchev–Trinajstić information content (AvgIpc) is 2.75. The van der Waals surface area contributed by atoms with E-state index in [0.717, 1.165) is 10.3 Å². The second-order valence-corrected chi connectivity index (χ2v) is 6.91. The molecule has 11 heteroatoms. The Morgan fingerprint density at radius 3 is 2.53 bits per heavy atom. The van der Waals surface area contributed by atoms with Crippen LogP contribution in [0.15, 0.2) is 40.2 Å². The molecule has 2 aromatic heterocycles. The van der Waals surface area contributed by atoms with Gasteiger partial charge >= 0.3 is 5.69 Å². The van der Waals surface area contributed by atoms with Gasteiger partial charge in [-0.25, -0.2) is 23.5 Å². The first kappa shape index (κ1) is 19.8. The number of hydrogen-bond acceptors (Lipinski definition) is 7. The van der Waals surface area contributed by atoms with E-state index in [-0.39, 0.29) is 11.4 Å². The fourth-order valence-corrected chi connectivity index (χ4v) is 3.39. The molecule has 3 aromatic rings. The number of H-pyrrole nitrogens is 1. The van der Waals surface area contributed by atoms with Crippen LogP contribution in [-0.2, 0) is 7.05 Å². The van der Waals surface area contributed by atoms with E-state index in [0.29, 0.717) is 42.9 Å². The molecule has 3 heterocycles. The number of aromatic nitrogens is 4. The monoisotopic (exact) mass is 418 g/mol. The molecule has 1 N–H and O–H groups in total. The molecule has 0 spiro atoms. The number of benzene rings is 1. The number of piperazine rings is 1. The quantitative estimate of drug-likeness (QED) is 0.660. The molecule has 1 aliphatic rings. The standard InChI is InChI=1S/C19H20F2N6O3/c1-25-17(28)9-16(24-19(25)29)27-6-4-26(5-7-27)12-2-3-14-13(8-12)18(23-11-22-14)30-10-15(20)21/h2-3,8-9,11,15H,4-7,10H2,1H3,(H,24,29). The number of halogens is 2. The largest absolute Gasteiger partial charge is 0.471 e. The van der Waals surface area contributed by atoms with E-state index in [1.165, 1.54) is 19.4 Å². The zero-order valence-electron chi connectivity index (χ0n) is 16.2. The van der Waals surface area contributed by atoms with Crippen LogP contribution >= 0.6 is 0 Å². The molecule has 0 bridgehead atoms. The Bertz CT molecular complexity index is 1140. The molecule has 1 aromatic carbocycles. The highest BCUT2D eigenvalue weighted by molar-refractivity contribution is 5.86. The molecule has 0 saturated carbocycles. The first-order chi connectivity index (χ1) is 14.4. The predicted octanol–water partition coefficient (Wildman–Crippen LogP) is 0.987. The summed E-state index contributed by atoms with van der Waals surface area (Å²) in [5, 5.41) is 0.564. The summed E-state index contributed by atoms with van der Waals surface area (Å²) in [6.07, 6.45) is -1.31. The minimum atomic E-state index is -2.59. The normalized spacial score (nSPS) is 14.5. The minimum Gasteiger partial charge on any atom is -0.471 e. The topological polar surface area (TPSA) is 96.3 Å². The first-order valence-electron chi connectivity index (χ1n) is 9.38. The van der Waals surface area contributed by atoms with Crippen LogP contribution in [0.2, 0.25) is 0 Å². The molecular weight excluding hydrogens is 398 g/mol. The SMILES string of the molecule is Cn1c(=O)cc(N2CCN(c3ccc4ncnc(OCC(F)F)c4c3)CC2)[nH]c1=O. The molecule has 1 fully saturated rings. The molecule has 9 nitrogen and oxygen atoms in total. The van der Waals surface area contributed by atoms with E-state index in [4.69, 9.17) is 4.74 Å². The lowest BCUT2D eigenvalue weighted by molar-refractivity contribution is 0.0804. The van der Waals surface area contributed by atoms with Crippen molar-refractivity contribution in [3.63, 3.8) is 0 Å². The van der Waals surface area contributed by atoms with E-state index in [9.17, 15) is 18.4 Å². The minimum absolute atomic E-state index is 0.124. The number of fused-ring (bicyclic) bond motifs is 1. The highest BCUT2D eigenvalue weighted by atomic mass is 19.3. The molecule has 0 unspecified atom stereocenters. The van der Waals surface area contributed by atoms with Gasteiger partial charge in [0.15, 0.2) is 6.61 Å². The van der Waals surface area contributed by atoms with Gasteiger partial charge in [-0.05, 0) is 18.2 Å². The number of alkyl halides is 2. The van der Waals surface area contributed by atoms with Crippen molar-refractivity contribution >= 4 is 22.4 Å². The number of nitrogens with zero attached hydrogens (tertiary/aromatic N) is 5. The van der Waals surface area contributed by atoms with Crippen molar-refractivity contribution in [2.24, 2.45) is 7.05 Å². The third kappa shape index (κ3) is 3.95. The molecule has 0 radical (unpaired) electrons. The highest BCUT2D eigenvalue weighted by Crippen LogP contribution is 2.28. The highest BCUT2D eigenvalue weighted by Gasteiger charge is 2.20. The summed E-state index contributed by atoms with van der Waals surface area (Å²) in [6.45, 7) is 1.75. The number of rotatable bonds is 5. The van der Waals surface area contributed by atoms with Gasteiger partial charge in [0.2, 0.25) is 5.88 Å². The Hall–Kier alpha value is -3.50. The van der Waals surface area contributed by atoms with Crippen molar-refractivity contribution in [3.8, 4) is 5.88 Å². The Morgan fingerprint density at radius 2 is 1.83 bits per heavy atom. The van der Waals surface area contributed by atoms with E-state index in [1.807, 2.05) is 17.0 Å². The van der Waals surface area contributed by atoms with Crippen LogP contribution in [0.1, 0.15) is 0 Å². The third-order valence-electron chi connectivity index (χ3n) is 5.04. The fourth-order valence-electron chi connectivity index (χ4n) is 3.39. The predicted molar refractivity (Wildman–Crippen MR) is 108 cm³/mol. The second kappa shape index (κ2) is 8.09. The third-order valence-corrected chi connectivity index (χ3v) is 5.04. The van der Waals surface area contributed by atoms with Crippen LogP contribution in [0.25, 0.3) is 10.9 Å². The summed E-state index contributed by atoms with van der Waals surface area (Å²) in [5.74, 6) is 0.621. The van der Waals surface area contributed by atoms with Gasteiger partial charge in [0.25, 0.3) is 12.0 Å². The number of aromatic amines is 1. The molecule has 1 aliphatic heterocycles. The Morgan fingerprint density at radius 1 is 1.10 bits per heavy atom. The number of ether oxygens (including phenoxy) is 1. The molecule has 1 saturated heterocycles. The van der Waals surface area contributed by atoms with Crippen molar-refractivity contribution in [1.29, 1.82) is 0 Å². The maximum Gasteiger partial charge on any atom is 0.329 e. The van der Waals surface area contributed by atoms with E-state index < -0.39 is 18.7 Å². The van der Waals surface area contributed by atoms with Crippen molar-refractivity contribution < 1.29 is 13.5 Å². The van der Waals surface area contributed by atoms with Gasteiger partial charge in [0.05, 0.1) is 10.9 Å². The molecule has 0 atom stereocenters. The van der Waals surface area contributed by atoms with Crippen molar-refractivity contribution in [1.82, 2.24) is 19.5 Å². The van der Waals surface area contributed by atoms with Crippen LogP contribution < -0.4 is 25.8 Å². The summed E-state index contributed by atoms with van der Waals surface area (Å²) in [7, 11) is 1.42. The van der Waals surface area contributed by atoms with Gasteiger partial charge < -0.3 is 14.5 Å². The number of nitrogens with one attached hydrogen (secondary N) is 1. The average molecular weight is 418 g/mol. The smallest absolute Gasteiger partial charge is 0.329 e. The van der Waals surface area contributed by atoms with Gasteiger partial charge in [-0.2, -0.15) is 0 Å². The maximum absolute atomic E-state index is 12.5. The molecule has 0 aliphatic carbocycles. The van der Waals surface area contributed by atoms with E-state index in [1.54, 1.807) is 6.07 Å². The van der Waals surface area contributed by atoms with Crippen LogP contribution in [0.4, 0.5) is 20.3 Å². The second-order valence-electron chi connectivity index (χ2n) is 6.91. The molecule has 0 amide bonds. The van der Waals surface area contributed by atoms with Gasteiger partial charge in [0.1, 0.15) is 12.1 Å². The summed E-state index contributed by atoms with van der Waals surface area (Å²) >= 11 is 0. The lowest BCUT2D eigenvalue weighted by atomic mass is 10.2. The van der Waals surface area contributed by atoms with Crippen LogP contribution in [0, 0.1) is 0 Å².